The highest BCUT2D eigenvalue weighted by Gasteiger charge is 2.19. The van der Waals surface area contributed by atoms with Gasteiger partial charge >= 0.3 is 6.03 Å². The maximum absolute atomic E-state index is 11.9. The lowest BCUT2D eigenvalue weighted by Crippen LogP contribution is -2.36. The highest BCUT2D eigenvalue weighted by molar-refractivity contribution is 5.99. The minimum atomic E-state index is -0.409. The second-order valence-corrected chi connectivity index (χ2v) is 5.71. The monoisotopic (exact) mass is 325 g/mol. The average Bonchev–Trinajstić information content (AvgIpc) is 2.94. The summed E-state index contributed by atoms with van der Waals surface area (Å²) in [5.41, 5.74) is 6.07. The number of carbonyl (C=O) groups excluding carboxylic acids is 2. The molecule has 1 aliphatic heterocycles. The van der Waals surface area contributed by atoms with Gasteiger partial charge in [-0.1, -0.05) is 42.5 Å². The maximum Gasteiger partial charge on any atom is 0.339 e. The predicted molar refractivity (Wildman–Crippen MR) is 90.1 cm³/mol. The van der Waals surface area contributed by atoms with Crippen LogP contribution in [-0.4, -0.2) is 11.9 Å². The van der Waals surface area contributed by atoms with Gasteiger partial charge in [0.15, 0.2) is 0 Å². The van der Waals surface area contributed by atoms with E-state index in [1.54, 1.807) is 0 Å². The van der Waals surface area contributed by atoms with E-state index in [0.29, 0.717) is 13.0 Å². The van der Waals surface area contributed by atoms with Crippen molar-refractivity contribution < 1.29 is 14.4 Å². The fraction of sp³-hybridized carbons (Fsp3) is 0.222. The van der Waals surface area contributed by atoms with Crippen molar-refractivity contribution >= 4 is 17.6 Å². The molecule has 0 bridgehead atoms. The van der Waals surface area contributed by atoms with Crippen LogP contribution < -0.4 is 16.1 Å². The minimum absolute atomic E-state index is 0.00480. The molecule has 3 rings (SSSR count). The topological polar surface area (TPSA) is 79.5 Å². The first-order valence-electron chi connectivity index (χ1n) is 7.77. The normalized spacial score (nSPS) is 13.8. The lowest BCUT2D eigenvalue weighted by Gasteiger charge is -2.16. The molecule has 24 heavy (non-hydrogen) atoms. The Kier molecular flexibility index (Phi) is 4.77. The number of rotatable bonds is 5. The molecule has 0 aliphatic carbocycles. The molecule has 1 heterocycles. The van der Waals surface area contributed by atoms with Gasteiger partial charge in [-0.05, 0) is 29.7 Å². The van der Waals surface area contributed by atoms with Crippen molar-refractivity contribution in [2.75, 3.05) is 5.32 Å². The lowest BCUT2D eigenvalue weighted by atomic mass is 10.0. The third-order valence-corrected chi connectivity index (χ3v) is 3.85. The summed E-state index contributed by atoms with van der Waals surface area (Å²) in [5.74, 6) is -0.00480. The van der Waals surface area contributed by atoms with Gasteiger partial charge in [-0.3, -0.25) is 9.63 Å². The zero-order valence-electron chi connectivity index (χ0n) is 13.3. The number of urea groups is 1. The number of carbonyl (C=O) groups is 2. The molecule has 0 unspecified atom stereocenters. The average molecular weight is 325 g/mol. The highest BCUT2D eigenvalue weighted by atomic mass is 16.7. The quantitative estimate of drug-likeness (QED) is 0.740. The van der Waals surface area contributed by atoms with Crippen molar-refractivity contribution in [3.8, 4) is 0 Å². The molecule has 0 aromatic heterocycles. The Bertz CT molecular complexity index is 746. The summed E-state index contributed by atoms with van der Waals surface area (Å²) in [6.07, 6.45) is 0.377. The van der Waals surface area contributed by atoms with Crippen LogP contribution in [0.3, 0.4) is 0 Å². The fourth-order valence-corrected chi connectivity index (χ4v) is 2.59. The van der Waals surface area contributed by atoms with Crippen molar-refractivity contribution in [3.05, 3.63) is 65.2 Å². The van der Waals surface area contributed by atoms with Crippen LogP contribution >= 0.6 is 0 Å². The van der Waals surface area contributed by atoms with E-state index in [1.165, 1.54) is 0 Å². The van der Waals surface area contributed by atoms with Gasteiger partial charge < -0.3 is 10.6 Å². The van der Waals surface area contributed by atoms with E-state index in [9.17, 15) is 9.59 Å². The standard InChI is InChI=1S/C18H19N3O3/c1-12(14-7-8-16-15(9-14)10-17(22)20-16)19-18(23)21-24-11-13-5-3-2-4-6-13/h2-9,12H,10-11H2,1H3,(H,20,22)(H2,19,21,23)/t12-/m1/s1. The Morgan fingerprint density at radius 1 is 1.25 bits per heavy atom. The van der Waals surface area contributed by atoms with Crippen LogP contribution in [0.15, 0.2) is 48.5 Å². The number of hydroxylamine groups is 1. The molecule has 2 aromatic rings. The minimum Gasteiger partial charge on any atom is -0.330 e. The summed E-state index contributed by atoms with van der Waals surface area (Å²) in [5, 5.41) is 5.59. The smallest absolute Gasteiger partial charge is 0.330 e. The number of hydrogen-bond donors (Lipinski definition) is 3. The molecule has 1 aliphatic rings. The summed E-state index contributed by atoms with van der Waals surface area (Å²) >= 11 is 0. The first-order valence-corrected chi connectivity index (χ1v) is 7.77. The van der Waals surface area contributed by atoms with Gasteiger partial charge in [0.25, 0.3) is 0 Å². The lowest BCUT2D eigenvalue weighted by molar-refractivity contribution is -0.115. The van der Waals surface area contributed by atoms with Crippen LogP contribution in [0.1, 0.15) is 29.7 Å². The second-order valence-electron chi connectivity index (χ2n) is 5.71. The maximum atomic E-state index is 11.9. The number of hydrogen-bond acceptors (Lipinski definition) is 3. The van der Waals surface area contributed by atoms with Gasteiger partial charge in [0, 0.05) is 5.69 Å². The molecular weight excluding hydrogens is 306 g/mol. The molecule has 3 N–H and O–H groups in total. The largest absolute Gasteiger partial charge is 0.339 e. The summed E-state index contributed by atoms with van der Waals surface area (Å²) in [6.45, 7) is 2.18. The molecule has 0 saturated heterocycles. The number of anilines is 1. The third-order valence-electron chi connectivity index (χ3n) is 3.85. The molecule has 6 heteroatoms. The Labute approximate surface area is 140 Å². The summed E-state index contributed by atoms with van der Waals surface area (Å²) in [4.78, 5) is 28.5. The van der Waals surface area contributed by atoms with Crippen molar-refractivity contribution in [2.45, 2.75) is 26.0 Å². The molecule has 0 spiro atoms. The second kappa shape index (κ2) is 7.14. The van der Waals surface area contributed by atoms with Gasteiger partial charge in [-0.2, -0.15) is 0 Å². The number of fused-ring (bicyclic) bond motifs is 1. The molecule has 124 valence electrons. The van der Waals surface area contributed by atoms with E-state index in [1.807, 2.05) is 55.5 Å². The Balaban J connectivity index is 1.49. The SMILES string of the molecule is C[C@@H](NC(=O)NOCc1ccccc1)c1ccc2c(c1)CC(=O)N2. The van der Waals surface area contributed by atoms with Crippen LogP contribution in [0.2, 0.25) is 0 Å². The molecule has 0 radical (unpaired) electrons. The van der Waals surface area contributed by atoms with E-state index < -0.39 is 6.03 Å². The number of nitrogens with one attached hydrogen (secondary N) is 3. The zero-order valence-corrected chi connectivity index (χ0v) is 13.3. The van der Waals surface area contributed by atoms with E-state index in [0.717, 1.165) is 22.4 Å². The van der Waals surface area contributed by atoms with Gasteiger partial charge in [0.05, 0.1) is 19.1 Å². The zero-order chi connectivity index (χ0) is 16.9. The van der Waals surface area contributed by atoms with Crippen molar-refractivity contribution in [3.63, 3.8) is 0 Å². The van der Waals surface area contributed by atoms with Crippen molar-refractivity contribution in [2.24, 2.45) is 0 Å². The third kappa shape index (κ3) is 3.91. The van der Waals surface area contributed by atoms with E-state index in [-0.39, 0.29) is 11.9 Å². The molecule has 1 atom stereocenters. The van der Waals surface area contributed by atoms with Gasteiger partial charge in [-0.15, -0.1) is 0 Å². The first-order chi connectivity index (χ1) is 11.6. The molecule has 0 saturated carbocycles. The fourth-order valence-electron chi connectivity index (χ4n) is 2.59. The number of amides is 3. The summed E-state index contributed by atoms with van der Waals surface area (Å²) < 4.78 is 0. The van der Waals surface area contributed by atoms with Crippen LogP contribution in [-0.2, 0) is 22.7 Å². The molecule has 2 aromatic carbocycles. The summed E-state index contributed by atoms with van der Waals surface area (Å²) in [6, 6.07) is 14.7. The predicted octanol–water partition coefficient (Wildman–Crippen LogP) is 2.67. The van der Waals surface area contributed by atoms with Gasteiger partial charge in [0.2, 0.25) is 5.91 Å². The molecule has 3 amide bonds. The van der Waals surface area contributed by atoms with Crippen molar-refractivity contribution in [1.29, 1.82) is 0 Å². The van der Waals surface area contributed by atoms with Crippen LogP contribution in [0.25, 0.3) is 0 Å². The van der Waals surface area contributed by atoms with Crippen LogP contribution in [0.4, 0.5) is 10.5 Å². The van der Waals surface area contributed by atoms with E-state index >= 15 is 0 Å². The molecular formula is C18H19N3O3. The Morgan fingerprint density at radius 3 is 2.83 bits per heavy atom. The van der Waals surface area contributed by atoms with E-state index in [4.69, 9.17) is 4.84 Å². The Morgan fingerprint density at radius 2 is 2.04 bits per heavy atom. The number of benzene rings is 2. The molecule has 0 fully saturated rings. The van der Waals surface area contributed by atoms with Gasteiger partial charge in [0.1, 0.15) is 0 Å². The van der Waals surface area contributed by atoms with Crippen LogP contribution in [0, 0.1) is 0 Å². The van der Waals surface area contributed by atoms with Gasteiger partial charge in [-0.25, -0.2) is 10.3 Å². The van der Waals surface area contributed by atoms with Crippen LogP contribution in [0.5, 0.6) is 0 Å². The van der Waals surface area contributed by atoms with E-state index in [2.05, 4.69) is 16.1 Å². The highest BCUT2D eigenvalue weighted by Crippen LogP contribution is 2.26. The first kappa shape index (κ1) is 16.0. The van der Waals surface area contributed by atoms with Crippen molar-refractivity contribution in [1.82, 2.24) is 10.8 Å². The Hall–Kier alpha value is -2.86. The molecule has 6 nitrogen and oxygen atoms in total. The summed E-state index contributed by atoms with van der Waals surface area (Å²) in [7, 11) is 0.